The molecule has 2 aliphatic heterocycles. The molecule has 2 heterocycles. The SMILES string of the molecule is COC(=O)C1=C(O[Si](C)(C)C(C)(C)C)N2C(=O)C[C@H](c3ccccc3)N2[C@H](c2ccc([N+](=O)[O-])cc2)C1. The van der Waals surface area contributed by atoms with Gasteiger partial charge in [-0.15, -0.1) is 0 Å². The Bertz CT molecular complexity index is 1240. The lowest BCUT2D eigenvalue weighted by molar-refractivity contribution is -0.384. The molecule has 0 unspecified atom stereocenters. The molecular formula is C27H33N3O6Si. The Morgan fingerprint density at radius 1 is 1.00 bits per heavy atom. The van der Waals surface area contributed by atoms with E-state index in [-0.39, 0.29) is 47.0 Å². The minimum atomic E-state index is -2.47. The number of ether oxygens (including phenoxy) is 1. The second-order valence-corrected chi connectivity index (χ2v) is 15.6. The van der Waals surface area contributed by atoms with Gasteiger partial charge in [0.15, 0.2) is 0 Å². The second kappa shape index (κ2) is 9.75. The third-order valence-electron chi connectivity index (χ3n) is 7.58. The molecule has 10 heteroatoms. The fourth-order valence-electron chi connectivity index (χ4n) is 4.52. The van der Waals surface area contributed by atoms with Crippen molar-refractivity contribution in [2.75, 3.05) is 7.11 Å². The molecule has 37 heavy (non-hydrogen) atoms. The predicted octanol–water partition coefficient (Wildman–Crippen LogP) is 5.64. The molecule has 0 bridgehead atoms. The van der Waals surface area contributed by atoms with Crippen LogP contribution in [0.3, 0.4) is 0 Å². The van der Waals surface area contributed by atoms with Gasteiger partial charge in [0.25, 0.3) is 14.0 Å². The average Bonchev–Trinajstić information content (AvgIpc) is 3.21. The Hall–Kier alpha value is -3.50. The summed E-state index contributed by atoms with van der Waals surface area (Å²) in [6, 6.07) is 15.2. The number of rotatable bonds is 6. The number of esters is 1. The molecule has 2 aromatic rings. The minimum absolute atomic E-state index is 0.0285. The molecule has 1 fully saturated rings. The van der Waals surface area contributed by atoms with Crippen LogP contribution in [-0.2, 0) is 18.8 Å². The maximum absolute atomic E-state index is 13.7. The van der Waals surface area contributed by atoms with Crippen LogP contribution in [-0.4, -0.2) is 42.2 Å². The summed E-state index contributed by atoms with van der Waals surface area (Å²) in [4.78, 5) is 37.5. The Morgan fingerprint density at radius 2 is 1.57 bits per heavy atom. The fourth-order valence-corrected chi connectivity index (χ4v) is 5.52. The van der Waals surface area contributed by atoms with Crippen LogP contribution in [0, 0.1) is 10.1 Å². The molecule has 0 radical (unpaired) electrons. The predicted molar refractivity (Wildman–Crippen MR) is 140 cm³/mol. The first-order chi connectivity index (χ1) is 17.4. The van der Waals surface area contributed by atoms with E-state index in [1.807, 2.05) is 35.3 Å². The highest BCUT2D eigenvalue weighted by molar-refractivity contribution is 6.74. The molecule has 1 amide bonds. The molecule has 0 N–H and O–H groups in total. The summed E-state index contributed by atoms with van der Waals surface area (Å²) in [6.45, 7) is 10.4. The van der Waals surface area contributed by atoms with E-state index in [0.717, 1.165) is 11.1 Å². The van der Waals surface area contributed by atoms with Crippen LogP contribution in [0.1, 0.15) is 56.8 Å². The van der Waals surface area contributed by atoms with E-state index in [0.29, 0.717) is 0 Å². The molecule has 2 aliphatic rings. The maximum Gasteiger partial charge on any atom is 0.339 e. The van der Waals surface area contributed by atoms with Gasteiger partial charge in [-0.05, 0) is 29.3 Å². The first-order valence-electron chi connectivity index (χ1n) is 12.3. The van der Waals surface area contributed by atoms with Gasteiger partial charge < -0.3 is 9.16 Å². The lowest BCUT2D eigenvalue weighted by Gasteiger charge is -2.46. The highest BCUT2D eigenvalue weighted by atomic mass is 28.4. The van der Waals surface area contributed by atoms with Crippen molar-refractivity contribution in [3.8, 4) is 0 Å². The van der Waals surface area contributed by atoms with Crippen molar-refractivity contribution in [3.63, 3.8) is 0 Å². The first-order valence-corrected chi connectivity index (χ1v) is 15.2. The molecule has 0 aromatic heterocycles. The quantitative estimate of drug-likeness (QED) is 0.209. The average molecular weight is 524 g/mol. The fraction of sp³-hybridized carbons (Fsp3) is 0.407. The number of nitro groups is 1. The maximum atomic E-state index is 13.7. The molecule has 196 valence electrons. The van der Waals surface area contributed by atoms with Crippen LogP contribution in [0.2, 0.25) is 18.1 Å². The molecular weight excluding hydrogens is 490 g/mol. The zero-order chi connectivity index (χ0) is 27.1. The lowest BCUT2D eigenvalue weighted by Crippen LogP contribution is -2.51. The molecule has 4 rings (SSSR count). The van der Waals surface area contributed by atoms with Gasteiger partial charge in [0.05, 0.1) is 36.1 Å². The van der Waals surface area contributed by atoms with Gasteiger partial charge in [0, 0.05) is 18.6 Å². The van der Waals surface area contributed by atoms with Crippen molar-refractivity contribution in [2.24, 2.45) is 0 Å². The first kappa shape index (κ1) is 26.6. The lowest BCUT2D eigenvalue weighted by atomic mass is 9.94. The molecule has 0 spiro atoms. The van der Waals surface area contributed by atoms with E-state index in [1.165, 1.54) is 24.3 Å². The number of amides is 1. The van der Waals surface area contributed by atoms with Crippen molar-refractivity contribution >= 4 is 25.9 Å². The number of fused-ring (bicyclic) bond motifs is 1. The number of nitrogens with zero attached hydrogens (tertiary/aromatic N) is 3. The Morgan fingerprint density at radius 3 is 2.11 bits per heavy atom. The zero-order valence-electron chi connectivity index (χ0n) is 22.1. The van der Waals surface area contributed by atoms with Crippen molar-refractivity contribution in [3.05, 3.63) is 87.3 Å². The van der Waals surface area contributed by atoms with E-state index < -0.39 is 25.3 Å². The van der Waals surface area contributed by atoms with Crippen LogP contribution in [0.4, 0.5) is 5.69 Å². The third kappa shape index (κ3) is 4.91. The summed E-state index contributed by atoms with van der Waals surface area (Å²) in [5.74, 6) is -0.508. The van der Waals surface area contributed by atoms with Crippen molar-refractivity contribution in [1.29, 1.82) is 0 Å². The van der Waals surface area contributed by atoms with Crippen molar-refractivity contribution < 1.29 is 23.7 Å². The van der Waals surface area contributed by atoms with E-state index in [1.54, 1.807) is 12.1 Å². The van der Waals surface area contributed by atoms with Crippen LogP contribution < -0.4 is 0 Å². The molecule has 1 saturated heterocycles. The second-order valence-electron chi connectivity index (χ2n) is 10.9. The number of methoxy groups -OCH3 is 1. The Kier molecular flexibility index (Phi) is 7.00. The summed E-state index contributed by atoms with van der Waals surface area (Å²) in [7, 11) is -1.16. The van der Waals surface area contributed by atoms with Gasteiger partial charge in [0.2, 0.25) is 11.8 Å². The van der Waals surface area contributed by atoms with Gasteiger partial charge in [-0.25, -0.2) is 9.80 Å². The number of carbonyl (C=O) groups is 2. The highest BCUT2D eigenvalue weighted by Gasteiger charge is 2.52. The number of hydrazine groups is 1. The summed E-state index contributed by atoms with van der Waals surface area (Å²) < 4.78 is 11.8. The third-order valence-corrected chi connectivity index (χ3v) is 11.9. The molecule has 2 aromatic carbocycles. The molecule has 2 atom stereocenters. The Labute approximate surface area is 217 Å². The zero-order valence-corrected chi connectivity index (χ0v) is 23.1. The van der Waals surface area contributed by atoms with Gasteiger partial charge in [-0.1, -0.05) is 63.2 Å². The van der Waals surface area contributed by atoms with Crippen LogP contribution in [0.25, 0.3) is 0 Å². The highest BCUT2D eigenvalue weighted by Crippen LogP contribution is 2.50. The number of hydrogen-bond donors (Lipinski definition) is 0. The van der Waals surface area contributed by atoms with Gasteiger partial charge >= 0.3 is 5.97 Å². The summed E-state index contributed by atoms with van der Waals surface area (Å²) in [5.41, 5.74) is 1.96. The smallest absolute Gasteiger partial charge is 0.339 e. The van der Waals surface area contributed by atoms with Gasteiger partial charge in [0.1, 0.15) is 0 Å². The number of carbonyl (C=O) groups excluding carboxylic acids is 2. The topological polar surface area (TPSA) is 102 Å². The number of nitro benzene ring substituents is 1. The van der Waals surface area contributed by atoms with Gasteiger partial charge in [-0.2, -0.15) is 5.01 Å². The number of benzene rings is 2. The van der Waals surface area contributed by atoms with Crippen molar-refractivity contribution in [2.45, 2.75) is 63.8 Å². The van der Waals surface area contributed by atoms with E-state index in [4.69, 9.17) is 9.16 Å². The summed E-state index contributed by atoms with van der Waals surface area (Å²) in [6.07, 6.45) is 0.424. The monoisotopic (exact) mass is 523 g/mol. The largest absolute Gasteiger partial charge is 0.530 e. The summed E-state index contributed by atoms with van der Waals surface area (Å²) in [5, 5.41) is 14.6. The number of non-ortho nitro benzene ring substituents is 1. The minimum Gasteiger partial charge on any atom is -0.530 e. The van der Waals surface area contributed by atoms with Gasteiger partial charge in [-0.3, -0.25) is 14.9 Å². The molecule has 9 nitrogen and oxygen atoms in total. The van der Waals surface area contributed by atoms with Crippen LogP contribution in [0.5, 0.6) is 0 Å². The number of hydrogen-bond acceptors (Lipinski definition) is 7. The molecule has 0 aliphatic carbocycles. The van der Waals surface area contributed by atoms with E-state index in [9.17, 15) is 19.7 Å². The van der Waals surface area contributed by atoms with E-state index in [2.05, 4.69) is 33.9 Å². The van der Waals surface area contributed by atoms with E-state index >= 15 is 0 Å². The van der Waals surface area contributed by atoms with Crippen LogP contribution in [0.15, 0.2) is 66.1 Å². The molecule has 0 saturated carbocycles. The van der Waals surface area contributed by atoms with Crippen molar-refractivity contribution in [1.82, 2.24) is 10.0 Å². The van der Waals surface area contributed by atoms with Crippen LogP contribution >= 0.6 is 0 Å². The summed E-state index contributed by atoms with van der Waals surface area (Å²) >= 11 is 0. The Balaban J connectivity index is 1.90. The standard InChI is InChI=1S/C27H33N3O6Si/c1-27(2,3)37(5,6)36-25-21(26(32)35-4)16-22(19-12-14-20(15-13-19)30(33)34)28-23(17-24(31)29(25)28)18-10-8-7-9-11-18/h7-15,22-23H,16-17H2,1-6H3/t22-,23+/m0/s1. The normalized spacial score (nSPS) is 20.6.